The van der Waals surface area contributed by atoms with E-state index in [1.54, 1.807) is 84.5 Å². The van der Waals surface area contributed by atoms with Crippen LogP contribution in [0.3, 0.4) is 0 Å². The molecule has 4 radical (unpaired) electrons. The van der Waals surface area contributed by atoms with Crippen LogP contribution < -0.4 is 19.8 Å². The minimum atomic E-state index is -0.990. The number of aromatic carboxylic acids is 1. The number of carboxylic acid groups (broad SMARTS) is 1. The molecule has 0 saturated carbocycles. The van der Waals surface area contributed by atoms with Crippen molar-refractivity contribution in [3.63, 3.8) is 0 Å². The van der Waals surface area contributed by atoms with Gasteiger partial charge < -0.3 is 55.0 Å². The molecule has 0 aliphatic carbocycles. The molecule has 2 aliphatic heterocycles. The topological polar surface area (TPSA) is 183 Å². The second kappa shape index (κ2) is 47.7. The quantitative estimate of drug-likeness (QED) is 0.0633. The number of ketones is 1. The standard InChI is InChI=1S/C14H12N2.C13H8NS.C12H5F2N2.C11H6F2N.C10H9FN2.C8H6N3.C6H5NO2.C5H8O2.5Ir/c1-15-11-16(12-7-3-2-4-8-12)14-10-6-5-9-13(14)15;1-2-7-12-10(5-1)9-13(15-12)11-6-3-4-8-14-11;1-15-12-9(13)6-5-8(11(12)14)10-4-2-3-7-16-10;12-8-4-5-9(10(13)7-8)11-3-1-2-6-14-11;1-12-6-7-13(8-12)10-4-2-9(11)3-5-10;1-2-5-9-7(3-1)8-4-6-10-11-8;8-6(9)5-3-1-2-4-7-5;1-4(6)3-5(2)7;;;;;/h2-7,9-11H,1H3;1-8H;2-4,6-7H;1-4,6-7H;2-4,6-8H,1H3;1-6H;1-4H,(H,8,9);3,6H,1-2H3;;;;;/q-2;3*-1;-2;-1;;;;;;;+3. The zero-order valence-electron chi connectivity index (χ0n) is 56.0. The van der Waals surface area contributed by atoms with E-state index < -0.39 is 34.9 Å². The van der Waals surface area contributed by atoms with Crippen LogP contribution in [0.4, 0.5) is 50.4 Å². The molecule has 0 amide bonds. The monoisotopic (exact) mass is 2330 g/mol. The second-order valence-corrected chi connectivity index (χ2v) is 21.8. The number of fused-ring (bicyclic) bond motifs is 2. The van der Waals surface area contributed by atoms with Gasteiger partial charge in [-0.2, -0.15) is 49.7 Å². The third-order valence-corrected chi connectivity index (χ3v) is 14.4. The van der Waals surface area contributed by atoms with Crippen molar-refractivity contribution in [3.8, 4) is 44.5 Å². The third-order valence-electron chi connectivity index (χ3n) is 13.3. The average Bonchev–Trinajstić information content (AvgIpc) is 1.58. The van der Waals surface area contributed by atoms with Gasteiger partial charge in [0, 0.05) is 176 Å². The maximum Gasteiger partial charge on any atom is 3.00 e. The molecular weight excluding hydrogens is 2270 g/mol. The number of anilines is 4. The van der Waals surface area contributed by atoms with Crippen LogP contribution >= 0.6 is 11.3 Å². The predicted molar refractivity (Wildman–Crippen MR) is 382 cm³/mol. The van der Waals surface area contributed by atoms with Crippen molar-refractivity contribution >= 4 is 61.6 Å². The summed E-state index contributed by atoms with van der Waals surface area (Å²) in [7, 11) is 3.99. The van der Waals surface area contributed by atoms with Gasteiger partial charge in [0.1, 0.15) is 5.69 Å². The van der Waals surface area contributed by atoms with Crippen LogP contribution in [0.1, 0.15) is 24.3 Å². The fourth-order valence-corrected chi connectivity index (χ4v) is 9.76. The Morgan fingerprint density at radius 1 is 0.566 bits per heavy atom. The van der Waals surface area contributed by atoms with E-state index in [1.165, 1.54) is 72.0 Å². The average molecular weight is 2330 g/mol. The first-order valence-corrected chi connectivity index (χ1v) is 31.1. The maximum absolute atomic E-state index is 13.7. The van der Waals surface area contributed by atoms with E-state index in [9.17, 15) is 31.5 Å². The van der Waals surface area contributed by atoms with Crippen LogP contribution in [0.25, 0.3) is 59.4 Å². The Morgan fingerprint density at radius 2 is 1.13 bits per heavy atom. The number of rotatable bonds is 8. The van der Waals surface area contributed by atoms with Gasteiger partial charge in [0.05, 0.1) is 12.3 Å². The number of aliphatic hydroxyl groups is 1. The van der Waals surface area contributed by atoms with E-state index in [2.05, 4.69) is 142 Å². The number of aliphatic hydroxyl groups excluding tert-OH is 1. The van der Waals surface area contributed by atoms with E-state index in [4.69, 9.17) is 16.8 Å². The van der Waals surface area contributed by atoms with Crippen LogP contribution in [0.5, 0.6) is 0 Å². The van der Waals surface area contributed by atoms with Gasteiger partial charge in [-0.25, -0.2) is 21.1 Å². The zero-order valence-corrected chi connectivity index (χ0v) is 68.8. The summed E-state index contributed by atoms with van der Waals surface area (Å²) in [6, 6.07) is 74.6. The summed E-state index contributed by atoms with van der Waals surface area (Å²) in [5.74, 6) is -4.44. The van der Waals surface area contributed by atoms with Crippen molar-refractivity contribution in [2.75, 3.05) is 28.8 Å². The number of hydrogen-bond donors (Lipinski definition) is 2. The van der Waals surface area contributed by atoms with Crippen molar-refractivity contribution in [1.82, 2.24) is 40.0 Å². The van der Waals surface area contributed by atoms with Gasteiger partial charge in [0.25, 0.3) is 0 Å². The number of carbonyl (C=O) groups is 2. The Hall–Kier alpha value is -9.75. The van der Waals surface area contributed by atoms with Gasteiger partial charge in [0.2, 0.25) is 0 Å². The molecule has 6 aromatic carbocycles. The number of pyridine rings is 5. The van der Waals surface area contributed by atoms with Crippen LogP contribution in [-0.4, -0.2) is 71.0 Å². The Bertz CT molecular complexity index is 4810. The van der Waals surface area contributed by atoms with Gasteiger partial charge in [-0.05, 0) is 116 Å². The number of para-hydroxylation sites is 3. The third kappa shape index (κ3) is 28.3. The fraction of sp³-hybridized carbons (Fsp3) is 0.0506. The largest absolute Gasteiger partial charge is 3.00 e. The SMILES string of the molecule is CC(=O)C=C(C)O.CN1C=CN(c2[c-]cc(F)cc2)[CH-]1.CN1[CH-]N(c2[c-]cccc2)c2ccccc21.Fc1c[c-]c(-c2ccccn2)c(F)c1.O=C(O)c1ccccn1.[C-]#[N+]c1c(F)c[c-]c(-c2ccccn2)c1F.[Ir+3].[Ir].[Ir].[Ir].[Ir].[c-]1c(-c2ccccn2)sc2ccccc12.c1ccc(-c2ccn[n-]2)nc1. The Morgan fingerprint density at radius 3 is 1.62 bits per heavy atom. The Labute approximate surface area is 682 Å². The number of hydrogen-bond acceptors (Lipinski definition) is 14. The molecule has 2 aliphatic rings. The van der Waals surface area contributed by atoms with Crippen LogP contribution in [0, 0.1) is 79.3 Å². The Kier molecular flexibility index (Phi) is 40.7. The van der Waals surface area contributed by atoms with E-state index >= 15 is 0 Å². The Balaban J connectivity index is 0.000000316. The molecule has 15 rings (SSSR count). The summed E-state index contributed by atoms with van der Waals surface area (Å²) in [4.78, 5) is 52.0. The van der Waals surface area contributed by atoms with Crippen LogP contribution in [0.15, 0.2) is 268 Å². The summed E-state index contributed by atoms with van der Waals surface area (Å²) in [5, 5.41) is 25.4. The van der Waals surface area contributed by atoms with E-state index in [-0.39, 0.29) is 135 Å². The summed E-state index contributed by atoms with van der Waals surface area (Å²) in [5.41, 5.74) is 7.44. The molecule has 106 heavy (non-hydrogen) atoms. The zero-order chi connectivity index (χ0) is 71.9. The molecule has 0 bridgehead atoms. The van der Waals surface area contributed by atoms with Gasteiger partial charge in [-0.15, -0.1) is 83.0 Å². The molecule has 13 aromatic rings. The van der Waals surface area contributed by atoms with Crippen LogP contribution in [-0.2, 0) is 105 Å². The summed E-state index contributed by atoms with van der Waals surface area (Å²) in [6.45, 7) is 13.5. The van der Waals surface area contributed by atoms with Crippen molar-refractivity contribution in [1.29, 1.82) is 0 Å². The first kappa shape index (κ1) is 90.5. The molecule has 7 aromatic heterocycles. The fourth-order valence-electron chi connectivity index (χ4n) is 8.78. The molecule has 16 nitrogen and oxygen atoms in total. The molecule has 9 heterocycles. The molecule has 2 N–H and O–H groups in total. The van der Waals surface area contributed by atoms with Gasteiger partial charge in [-0.3, -0.25) is 36.6 Å². The van der Waals surface area contributed by atoms with Gasteiger partial charge in [0.15, 0.2) is 11.5 Å². The van der Waals surface area contributed by atoms with Crippen molar-refractivity contribution in [3.05, 3.63) is 358 Å². The van der Waals surface area contributed by atoms with E-state index in [0.717, 1.165) is 51.5 Å². The summed E-state index contributed by atoms with van der Waals surface area (Å²) >= 11 is 1.73. The smallest absolute Gasteiger partial charge is 0.574 e. The molecule has 550 valence electrons. The van der Waals surface area contributed by atoms with Gasteiger partial charge in [-0.1, -0.05) is 96.2 Å². The van der Waals surface area contributed by atoms with Crippen molar-refractivity contribution in [2.45, 2.75) is 13.8 Å². The number of carbonyl (C=O) groups excluding carboxylic acids is 1. The van der Waals surface area contributed by atoms with Gasteiger partial charge >= 0.3 is 26.1 Å². The predicted octanol–water partition coefficient (Wildman–Crippen LogP) is 18.0. The minimum Gasteiger partial charge on any atom is -0.574 e. The molecule has 0 atom stereocenters. The van der Waals surface area contributed by atoms with Crippen molar-refractivity contribution in [2.24, 2.45) is 0 Å². The molecule has 0 spiro atoms. The first-order chi connectivity index (χ1) is 49.0. The minimum absolute atomic E-state index is 0. The second-order valence-electron chi connectivity index (χ2n) is 20.8. The number of carboxylic acids is 1. The van der Waals surface area contributed by atoms with Crippen LogP contribution in [0.2, 0.25) is 0 Å². The maximum atomic E-state index is 13.7. The summed E-state index contributed by atoms with van der Waals surface area (Å²) < 4.78 is 66.4. The number of allylic oxidation sites excluding steroid dienone is 2. The normalized spacial score (nSPS) is 10.9. The molecule has 0 saturated heterocycles. The molecular formula is C79H59F5Ir5N12O4S-5. The first-order valence-electron chi connectivity index (χ1n) is 30.3. The van der Waals surface area contributed by atoms with E-state index in [1.807, 2.05) is 109 Å². The number of halogens is 5. The number of thiophene rings is 1. The number of nitrogens with zero attached hydrogens (tertiary/aromatic N) is 12. The molecule has 0 fully saturated rings. The summed E-state index contributed by atoms with van der Waals surface area (Å²) in [6.07, 6.45) is 14.7. The number of aromatic nitrogens is 7. The molecule has 27 heteroatoms. The number of benzene rings is 6. The van der Waals surface area contributed by atoms with E-state index in [0.29, 0.717) is 11.4 Å². The van der Waals surface area contributed by atoms with Crippen molar-refractivity contribution < 1.29 is 142 Å². The molecule has 0 unspecified atom stereocenters.